The normalized spacial score (nSPS) is 50.0. The fraction of sp³-hybridized carbons (Fsp3) is 0.868. The zero-order valence-electron chi connectivity index (χ0n) is 31.3. The Balaban J connectivity index is 0.908. The lowest BCUT2D eigenvalue weighted by Crippen LogP contribution is -2.72. The fourth-order valence-electron chi connectivity index (χ4n) is 11.0. The number of aliphatic imine (C=N–C) groups is 1. The van der Waals surface area contributed by atoms with Gasteiger partial charge >= 0.3 is 6.18 Å². The summed E-state index contributed by atoms with van der Waals surface area (Å²) < 4.78 is 80.1. The first-order chi connectivity index (χ1) is 24.5. The van der Waals surface area contributed by atoms with Crippen LogP contribution in [0.15, 0.2) is 28.5 Å². The average molecular weight is 742 g/mol. The van der Waals surface area contributed by atoms with Crippen LogP contribution in [0.4, 0.5) is 13.2 Å². The standard InChI is InChI=1S/C38H54F3NO10/c1-21-10-12-28-23(3)35(7,48-32-36(28)26(21)14-17-34(6,47-32)50-51-36)42-24(4)44-19-9-8-18-43-20-25-29-13-11-22(2)27-15-16-33(5)46-31(37(27,29)52-49-33)45-30(25)38(39,40)41/h8-9,21-23,26-29,31-32H,10-20H2,1-7H3/b9-8+,42-24+/t21-,22-,23-,26+,27+,28+,29+,31-,32+,33+,34+,35+,36-,37-/m1/s1. The topological polar surface area (TPSA) is 105 Å². The Morgan fingerprint density at radius 3 is 2.08 bits per heavy atom. The van der Waals surface area contributed by atoms with E-state index in [0.717, 1.165) is 32.1 Å². The minimum atomic E-state index is -4.72. The molecule has 10 aliphatic rings. The molecule has 14 heteroatoms. The van der Waals surface area contributed by atoms with Gasteiger partial charge in [0, 0.05) is 49.0 Å². The van der Waals surface area contributed by atoms with Crippen LogP contribution in [0.25, 0.3) is 0 Å². The van der Waals surface area contributed by atoms with Crippen molar-refractivity contribution in [3.63, 3.8) is 0 Å². The predicted octanol–water partition coefficient (Wildman–Crippen LogP) is 7.65. The third-order valence-corrected chi connectivity index (χ3v) is 13.9. The SMILES string of the molecule is C/C(=N\[C@@]1(C)O[C@@H]2O[C@]3(C)CC[C@H]4[C@H](C)CC[C@@H]([C@H]1C)[C@@]24OO3)OC/C=C/COCC1=C(C(F)(F)F)O[C@@H]2O[C@]3(C)CC[C@H]4[C@H](C)CC[C@@H]1[C@@]24OO3. The van der Waals surface area contributed by atoms with E-state index in [4.69, 9.17) is 53.0 Å². The predicted molar refractivity (Wildman–Crippen MR) is 177 cm³/mol. The van der Waals surface area contributed by atoms with Crippen molar-refractivity contribution in [3.8, 4) is 0 Å². The van der Waals surface area contributed by atoms with Gasteiger partial charge in [-0.25, -0.2) is 24.5 Å². The minimum absolute atomic E-state index is 0.00678. The second-order valence-corrected chi connectivity index (χ2v) is 17.1. The van der Waals surface area contributed by atoms with E-state index in [9.17, 15) is 13.2 Å². The molecule has 0 amide bonds. The van der Waals surface area contributed by atoms with Crippen molar-refractivity contribution in [3.05, 3.63) is 23.5 Å². The van der Waals surface area contributed by atoms with E-state index in [-0.39, 0.29) is 55.0 Å². The van der Waals surface area contributed by atoms with Crippen LogP contribution in [-0.2, 0) is 48.0 Å². The molecule has 0 unspecified atom stereocenters. The van der Waals surface area contributed by atoms with Crippen molar-refractivity contribution < 1.29 is 61.1 Å². The summed E-state index contributed by atoms with van der Waals surface area (Å²) in [6, 6.07) is 0. The molecule has 0 radical (unpaired) electrons. The van der Waals surface area contributed by atoms with Gasteiger partial charge in [0.2, 0.25) is 23.6 Å². The summed E-state index contributed by atoms with van der Waals surface area (Å²) in [5.74, 6) is -2.30. The molecule has 9 fully saturated rings. The van der Waals surface area contributed by atoms with E-state index in [2.05, 4.69) is 20.8 Å². The molecule has 0 N–H and O–H groups in total. The molecule has 7 saturated heterocycles. The Bertz CT molecular complexity index is 1490. The molecule has 0 aromatic carbocycles. The molecule has 8 heterocycles. The maximum absolute atomic E-state index is 14.5. The summed E-state index contributed by atoms with van der Waals surface area (Å²) in [7, 11) is 0. The third-order valence-electron chi connectivity index (χ3n) is 13.9. The molecular weight excluding hydrogens is 687 g/mol. The molecular formula is C38H54F3NO10. The lowest BCUT2D eigenvalue weighted by molar-refractivity contribution is -0.575. The van der Waals surface area contributed by atoms with Crippen LogP contribution < -0.4 is 0 Å². The minimum Gasteiger partial charge on any atom is -0.477 e. The number of halogens is 3. The van der Waals surface area contributed by atoms with E-state index in [1.807, 2.05) is 13.8 Å². The van der Waals surface area contributed by atoms with Crippen molar-refractivity contribution in [1.29, 1.82) is 0 Å². The molecule has 2 saturated carbocycles. The lowest BCUT2D eigenvalue weighted by atomic mass is 9.57. The van der Waals surface area contributed by atoms with Gasteiger partial charge in [0.25, 0.3) is 0 Å². The molecule has 4 bridgehead atoms. The second-order valence-electron chi connectivity index (χ2n) is 17.1. The number of hydrogen-bond donors (Lipinski definition) is 0. The fourth-order valence-corrected chi connectivity index (χ4v) is 11.0. The molecule has 0 aromatic rings. The summed E-state index contributed by atoms with van der Waals surface area (Å²) >= 11 is 0. The quantitative estimate of drug-likeness (QED) is 0.0850. The maximum Gasteiger partial charge on any atom is 0.449 e. The summed E-state index contributed by atoms with van der Waals surface area (Å²) in [5.41, 5.74) is -2.73. The highest BCUT2D eigenvalue weighted by molar-refractivity contribution is 5.73. The summed E-state index contributed by atoms with van der Waals surface area (Å²) in [5, 5.41) is 0. The highest BCUT2D eigenvalue weighted by atomic mass is 19.4. The molecule has 292 valence electrons. The van der Waals surface area contributed by atoms with E-state index >= 15 is 0 Å². The van der Waals surface area contributed by atoms with Crippen LogP contribution in [0.5, 0.6) is 0 Å². The van der Waals surface area contributed by atoms with E-state index in [1.54, 1.807) is 26.0 Å². The number of alkyl halides is 3. The highest BCUT2D eigenvalue weighted by Gasteiger charge is 2.72. The van der Waals surface area contributed by atoms with Crippen LogP contribution in [0.1, 0.15) is 99.8 Å². The summed E-state index contributed by atoms with van der Waals surface area (Å²) in [4.78, 5) is 28.9. The van der Waals surface area contributed by atoms with E-state index in [0.29, 0.717) is 31.1 Å². The highest BCUT2D eigenvalue weighted by Crippen LogP contribution is 2.63. The molecule has 2 aliphatic carbocycles. The zero-order chi connectivity index (χ0) is 36.9. The van der Waals surface area contributed by atoms with Gasteiger partial charge in [0.1, 0.15) is 6.61 Å². The largest absolute Gasteiger partial charge is 0.477 e. The molecule has 0 aromatic heterocycles. The van der Waals surface area contributed by atoms with Gasteiger partial charge in [-0.3, -0.25) is 0 Å². The first-order valence-corrected chi connectivity index (χ1v) is 19.2. The number of nitrogens with zero attached hydrogens (tertiary/aromatic N) is 1. The maximum atomic E-state index is 14.5. The van der Waals surface area contributed by atoms with Crippen LogP contribution in [0, 0.1) is 41.4 Å². The molecule has 2 spiro atoms. The zero-order valence-corrected chi connectivity index (χ0v) is 31.3. The number of hydrogen-bond acceptors (Lipinski definition) is 11. The molecule has 14 atom stereocenters. The van der Waals surface area contributed by atoms with Crippen LogP contribution in [-0.4, -0.2) is 73.0 Å². The van der Waals surface area contributed by atoms with Gasteiger partial charge < -0.3 is 28.4 Å². The molecule has 11 nitrogen and oxygen atoms in total. The van der Waals surface area contributed by atoms with Crippen molar-refractivity contribution in [1.82, 2.24) is 0 Å². The smallest absolute Gasteiger partial charge is 0.449 e. The molecule has 52 heavy (non-hydrogen) atoms. The monoisotopic (exact) mass is 741 g/mol. The van der Waals surface area contributed by atoms with Gasteiger partial charge in [-0.15, -0.1) is 0 Å². The Hall–Kier alpha value is -1.78. The average Bonchev–Trinajstić information content (AvgIpc) is 3.45. The van der Waals surface area contributed by atoms with Crippen molar-refractivity contribution in [2.45, 2.75) is 147 Å². The van der Waals surface area contributed by atoms with Crippen LogP contribution in [0.2, 0.25) is 0 Å². The Morgan fingerprint density at radius 2 is 1.38 bits per heavy atom. The Labute approximate surface area is 303 Å². The first kappa shape index (κ1) is 37.2. The third kappa shape index (κ3) is 5.79. The van der Waals surface area contributed by atoms with E-state index in [1.165, 1.54) is 0 Å². The van der Waals surface area contributed by atoms with Crippen molar-refractivity contribution >= 4 is 5.90 Å². The number of allylic oxidation sites excluding steroid dienone is 1. The van der Waals surface area contributed by atoms with Crippen molar-refractivity contribution in [2.24, 2.45) is 46.4 Å². The Morgan fingerprint density at radius 1 is 0.769 bits per heavy atom. The lowest BCUT2D eigenvalue weighted by Gasteiger charge is -2.62. The van der Waals surface area contributed by atoms with Gasteiger partial charge in [-0.2, -0.15) is 13.2 Å². The number of rotatable bonds is 7. The van der Waals surface area contributed by atoms with Gasteiger partial charge in [0.15, 0.2) is 29.1 Å². The Kier molecular flexibility index (Phi) is 9.21. The van der Waals surface area contributed by atoms with Crippen LogP contribution >= 0.6 is 0 Å². The van der Waals surface area contributed by atoms with Crippen molar-refractivity contribution in [2.75, 3.05) is 19.8 Å². The first-order valence-electron chi connectivity index (χ1n) is 19.2. The summed E-state index contributed by atoms with van der Waals surface area (Å²) in [6.07, 6.45) is 3.12. The number of ether oxygens (including phenoxy) is 6. The summed E-state index contributed by atoms with van der Waals surface area (Å²) in [6.45, 7) is 13.9. The van der Waals surface area contributed by atoms with Crippen LogP contribution in [0.3, 0.4) is 0 Å². The van der Waals surface area contributed by atoms with E-state index < -0.39 is 58.9 Å². The molecule has 10 rings (SSSR count). The van der Waals surface area contributed by atoms with Gasteiger partial charge in [-0.1, -0.05) is 26.8 Å². The second kappa shape index (κ2) is 12.9. The van der Waals surface area contributed by atoms with Gasteiger partial charge in [-0.05, 0) is 83.1 Å². The molecule has 8 aliphatic heterocycles. The van der Waals surface area contributed by atoms with Gasteiger partial charge in [0.05, 0.1) is 13.2 Å². The number of fused-ring (bicyclic) bond motifs is 4.